The molecule has 0 atom stereocenters. The number of para-hydroxylation sites is 1. The second-order valence-corrected chi connectivity index (χ2v) is 3.95. The van der Waals surface area contributed by atoms with Gasteiger partial charge in [0, 0.05) is 5.56 Å². The Kier molecular flexibility index (Phi) is 2.95. The molecule has 3 nitrogen and oxygen atoms in total. The summed E-state index contributed by atoms with van der Waals surface area (Å²) in [6, 6.07) is 10.00. The van der Waals surface area contributed by atoms with Crippen molar-refractivity contribution in [2.45, 2.75) is 26.7 Å². The van der Waals surface area contributed by atoms with Gasteiger partial charge in [-0.15, -0.1) is 0 Å². The average Bonchev–Trinajstić information content (AvgIpc) is 2.59. The predicted molar refractivity (Wildman–Crippen MR) is 66.7 cm³/mol. The van der Waals surface area contributed by atoms with Crippen molar-refractivity contribution in [2.75, 3.05) is 5.73 Å². The van der Waals surface area contributed by atoms with E-state index in [0.717, 1.165) is 35.6 Å². The second kappa shape index (κ2) is 4.39. The van der Waals surface area contributed by atoms with Crippen molar-refractivity contribution in [3.63, 3.8) is 0 Å². The van der Waals surface area contributed by atoms with E-state index in [2.05, 4.69) is 12.0 Å². The molecule has 0 aliphatic carbocycles. The van der Waals surface area contributed by atoms with Crippen molar-refractivity contribution < 1.29 is 0 Å². The molecule has 0 saturated heterocycles. The third-order valence-corrected chi connectivity index (χ3v) is 2.75. The van der Waals surface area contributed by atoms with Crippen LogP contribution in [0.3, 0.4) is 0 Å². The normalized spacial score (nSPS) is 10.6. The number of hydrogen-bond donors (Lipinski definition) is 1. The Balaban J connectivity index is 2.46. The van der Waals surface area contributed by atoms with Crippen LogP contribution in [-0.2, 0) is 6.42 Å². The van der Waals surface area contributed by atoms with E-state index < -0.39 is 0 Å². The molecule has 1 aromatic heterocycles. The van der Waals surface area contributed by atoms with Gasteiger partial charge in [-0.2, -0.15) is 5.10 Å². The number of nitrogen functional groups attached to an aromatic ring is 1. The molecule has 0 bridgehead atoms. The molecule has 3 heteroatoms. The number of rotatable bonds is 3. The number of nitrogens with zero attached hydrogens (tertiary/aromatic N) is 2. The van der Waals surface area contributed by atoms with Crippen molar-refractivity contribution in [2.24, 2.45) is 0 Å². The molecule has 2 rings (SSSR count). The monoisotopic (exact) mass is 215 g/mol. The summed E-state index contributed by atoms with van der Waals surface area (Å²) in [5.74, 6) is 0.745. The highest BCUT2D eigenvalue weighted by molar-refractivity contribution is 5.49. The lowest BCUT2D eigenvalue weighted by molar-refractivity contribution is 0.809. The fourth-order valence-electron chi connectivity index (χ4n) is 1.80. The summed E-state index contributed by atoms with van der Waals surface area (Å²) in [7, 11) is 0. The minimum absolute atomic E-state index is 0.745. The summed E-state index contributed by atoms with van der Waals surface area (Å²) in [6.07, 6.45) is 2.07. The van der Waals surface area contributed by atoms with Crippen LogP contribution in [0.15, 0.2) is 30.3 Å². The van der Waals surface area contributed by atoms with Crippen molar-refractivity contribution in [3.8, 4) is 5.69 Å². The Morgan fingerprint density at radius 3 is 2.56 bits per heavy atom. The van der Waals surface area contributed by atoms with Gasteiger partial charge in [0.05, 0.1) is 11.4 Å². The highest BCUT2D eigenvalue weighted by Gasteiger charge is 2.11. The number of benzene rings is 1. The van der Waals surface area contributed by atoms with Gasteiger partial charge >= 0.3 is 0 Å². The standard InChI is InChI=1S/C13H17N3/c1-3-7-12-10(2)13(14)16(15-12)11-8-5-4-6-9-11/h4-6,8-9H,3,7,14H2,1-2H3. The van der Waals surface area contributed by atoms with Gasteiger partial charge in [0.25, 0.3) is 0 Å². The Hall–Kier alpha value is -1.77. The summed E-state index contributed by atoms with van der Waals surface area (Å²) in [4.78, 5) is 0. The van der Waals surface area contributed by atoms with Crippen LogP contribution in [0.5, 0.6) is 0 Å². The minimum Gasteiger partial charge on any atom is -0.383 e. The van der Waals surface area contributed by atoms with E-state index >= 15 is 0 Å². The van der Waals surface area contributed by atoms with E-state index in [9.17, 15) is 0 Å². The second-order valence-electron chi connectivity index (χ2n) is 3.95. The van der Waals surface area contributed by atoms with E-state index in [1.54, 1.807) is 0 Å². The van der Waals surface area contributed by atoms with Crippen molar-refractivity contribution in [1.82, 2.24) is 9.78 Å². The smallest absolute Gasteiger partial charge is 0.130 e. The first-order valence-corrected chi connectivity index (χ1v) is 5.63. The summed E-state index contributed by atoms with van der Waals surface area (Å²) in [5.41, 5.74) is 9.29. The van der Waals surface area contributed by atoms with Gasteiger partial charge < -0.3 is 5.73 Å². The Morgan fingerprint density at radius 2 is 1.94 bits per heavy atom. The van der Waals surface area contributed by atoms with E-state index in [-0.39, 0.29) is 0 Å². The maximum absolute atomic E-state index is 6.07. The number of aromatic nitrogens is 2. The third kappa shape index (κ3) is 1.81. The Labute approximate surface area is 95.9 Å². The van der Waals surface area contributed by atoms with E-state index in [1.165, 1.54) is 0 Å². The quantitative estimate of drug-likeness (QED) is 0.855. The van der Waals surface area contributed by atoms with Crippen LogP contribution in [-0.4, -0.2) is 9.78 Å². The van der Waals surface area contributed by atoms with E-state index in [0.29, 0.717) is 0 Å². The zero-order chi connectivity index (χ0) is 11.5. The summed E-state index contributed by atoms with van der Waals surface area (Å²) < 4.78 is 1.82. The number of aryl methyl sites for hydroxylation is 1. The first kappa shape index (κ1) is 10.7. The van der Waals surface area contributed by atoms with Crippen molar-refractivity contribution >= 4 is 5.82 Å². The highest BCUT2D eigenvalue weighted by Crippen LogP contribution is 2.20. The molecular formula is C13H17N3. The molecule has 84 valence electrons. The topological polar surface area (TPSA) is 43.8 Å². The first-order chi connectivity index (χ1) is 7.74. The van der Waals surface area contributed by atoms with Crippen LogP contribution in [0.4, 0.5) is 5.82 Å². The van der Waals surface area contributed by atoms with Crippen LogP contribution in [0.25, 0.3) is 5.69 Å². The lowest BCUT2D eigenvalue weighted by atomic mass is 10.2. The van der Waals surface area contributed by atoms with Gasteiger partial charge in [-0.25, -0.2) is 4.68 Å². The minimum atomic E-state index is 0.745. The number of hydrogen-bond acceptors (Lipinski definition) is 2. The van der Waals surface area contributed by atoms with E-state index in [4.69, 9.17) is 5.73 Å². The van der Waals surface area contributed by atoms with Gasteiger partial charge in [0.15, 0.2) is 0 Å². The molecule has 2 N–H and O–H groups in total. The molecule has 1 aromatic carbocycles. The molecule has 0 amide bonds. The molecule has 1 heterocycles. The average molecular weight is 215 g/mol. The molecule has 0 aliphatic rings. The van der Waals surface area contributed by atoms with Crippen molar-refractivity contribution in [1.29, 1.82) is 0 Å². The van der Waals surface area contributed by atoms with Crippen LogP contribution in [0.2, 0.25) is 0 Å². The summed E-state index contributed by atoms with van der Waals surface area (Å²) in [6.45, 7) is 4.18. The van der Waals surface area contributed by atoms with Crippen molar-refractivity contribution in [3.05, 3.63) is 41.6 Å². The van der Waals surface area contributed by atoms with Crippen LogP contribution < -0.4 is 5.73 Å². The molecule has 0 unspecified atom stereocenters. The molecule has 16 heavy (non-hydrogen) atoms. The van der Waals surface area contributed by atoms with Gasteiger partial charge in [-0.05, 0) is 25.5 Å². The molecule has 0 radical (unpaired) electrons. The molecule has 0 fully saturated rings. The zero-order valence-corrected chi connectivity index (χ0v) is 9.77. The Bertz CT molecular complexity index is 471. The fraction of sp³-hybridized carbons (Fsp3) is 0.308. The maximum Gasteiger partial charge on any atom is 0.130 e. The van der Waals surface area contributed by atoms with Gasteiger partial charge in [0.2, 0.25) is 0 Å². The molecule has 0 saturated carbocycles. The molecule has 2 aromatic rings. The van der Waals surface area contributed by atoms with Crippen LogP contribution in [0, 0.1) is 6.92 Å². The number of anilines is 1. The van der Waals surface area contributed by atoms with Crippen LogP contribution in [0.1, 0.15) is 24.6 Å². The maximum atomic E-state index is 6.07. The fourth-order valence-corrected chi connectivity index (χ4v) is 1.80. The molecular weight excluding hydrogens is 198 g/mol. The van der Waals surface area contributed by atoms with Gasteiger partial charge in [-0.3, -0.25) is 0 Å². The number of nitrogens with two attached hydrogens (primary N) is 1. The molecule has 0 aliphatic heterocycles. The molecule has 0 spiro atoms. The van der Waals surface area contributed by atoms with E-state index in [1.807, 2.05) is 41.9 Å². The zero-order valence-electron chi connectivity index (χ0n) is 9.77. The van der Waals surface area contributed by atoms with Crippen LogP contribution >= 0.6 is 0 Å². The highest BCUT2D eigenvalue weighted by atomic mass is 15.3. The lowest BCUT2D eigenvalue weighted by Crippen LogP contribution is -2.01. The largest absolute Gasteiger partial charge is 0.383 e. The van der Waals surface area contributed by atoms with Gasteiger partial charge in [-0.1, -0.05) is 31.5 Å². The predicted octanol–water partition coefficient (Wildman–Crippen LogP) is 2.72. The summed E-state index contributed by atoms with van der Waals surface area (Å²) >= 11 is 0. The SMILES string of the molecule is CCCc1nn(-c2ccccc2)c(N)c1C. The lowest BCUT2D eigenvalue weighted by Gasteiger charge is -2.02. The first-order valence-electron chi connectivity index (χ1n) is 5.63. The summed E-state index contributed by atoms with van der Waals surface area (Å²) in [5, 5.41) is 4.56. The third-order valence-electron chi connectivity index (χ3n) is 2.75. The Morgan fingerprint density at radius 1 is 1.25 bits per heavy atom. The van der Waals surface area contributed by atoms with Gasteiger partial charge in [0.1, 0.15) is 5.82 Å².